The average Bonchev–Trinajstić information content (AvgIpc) is 2.70. The fourth-order valence-electron chi connectivity index (χ4n) is 1.21. The van der Waals surface area contributed by atoms with Crippen LogP contribution in [0.3, 0.4) is 0 Å². The van der Waals surface area contributed by atoms with Gasteiger partial charge in [-0.1, -0.05) is 29.3 Å². The van der Waals surface area contributed by atoms with Crippen molar-refractivity contribution in [3.8, 4) is 0 Å². The molecule has 0 saturated carbocycles. The van der Waals surface area contributed by atoms with Crippen molar-refractivity contribution in [1.29, 1.82) is 0 Å². The zero-order chi connectivity index (χ0) is 10.7. The Labute approximate surface area is 97.8 Å². The molecule has 0 unspecified atom stereocenters. The molecule has 0 aliphatic carbocycles. The van der Waals surface area contributed by atoms with Gasteiger partial charge in [-0.3, -0.25) is 10.0 Å². The number of hydrogen-bond donors (Lipinski definition) is 2. The zero-order valence-electron chi connectivity index (χ0n) is 7.87. The van der Waals surface area contributed by atoms with Gasteiger partial charge in [0.05, 0.1) is 28.8 Å². The maximum atomic E-state index is 5.98. The van der Waals surface area contributed by atoms with Crippen LogP contribution in [0.5, 0.6) is 0 Å². The van der Waals surface area contributed by atoms with E-state index in [0.29, 0.717) is 15.7 Å². The Morgan fingerprint density at radius 2 is 2.00 bits per heavy atom. The van der Waals surface area contributed by atoms with E-state index in [2.05, 4.69) is 16.0 Å². The van der Waals surface area contributed by atoms with Crippen LogP contribution in [0, 0.1) is 0 Å². The van der Waals surface area contributed by atoms with Crippen molar-refractivity contribution in [3.05, 3.63) is 28.2 Å². The molecule has 1 aliphatic rings. The van der Waals surface area contributed by atoms with Crippen molar-refractivity contribution in [2.24, 2.45) is 4.99 Å². The highest BCUT2D eigenvalue weighted by molar-refractivity contribution is 6.39. The van der Waals surface area contributed by atoms with E-state index in [4.69, 9.17) is 23.2 Å². The van der Waals surface area contributed by atoms with Gasteiger partial charge in [0.15, 0.2) is 0 Å². The molecule has 0 atom stereocenters. The number of rotatable bonds is 3. The van der Waals surface area contributed by atoms with E-state index in [1.165, 1.54) is 0 Å². The molecule has 0 spiro atoms. The smallest absolute Gasteiger partial charge is 0.101 e. The second-order valence-corrected chi connectivity index (χ2v) is 3.86. The number of nitrogens with one attached hydrogen (secondary N) is 2. The Morgan fingerprint density at radius 1 is 1.27 bits per heavy atom. The summed E-state index contributed by atoms with van der Waals surface area (Å²) in [6, 6.07) is 5.35. The number of nitrogens with zero attached hydrogens (tertiary/aromatic N) is 2. The predicted molar refractivity (Wildman–Crippen MR) is 63.3 cm³/mol. The summed E-state index contributed by atoms with van der Waals surface area (Å²) < 4.78 is 0. The van der Waals surface area contributed by atoms with E-state index in [9.17, 15) is 0 Å². The first-order chi connectivity index (χ1) is 7.27. The molecule has 4 nitrogen and oxygen atoms in total. The van der Waals surface area contributed by atoms with Gasteiger partial charge in [-0.25, -0.2) is 0 Å². The summed E-state index contributed by atoms with van der Waals surface area (Å²) in [7, 11) is 0. The van der Waals surface area contributed by atoms with Gasteiger partial charge in [0.25, 0.3) is 0 Å². The summed E-state index contributed by atoms with van der Waals surface area (Å²) in [5.74, 6) is 0. The lowest BCUT2D eigenvalue weighted by Crippen LogP contribution is -2.39. The van der Waals surface area contributed by atoms with Gasteiger partial charge in [-0.2, -0.15) is 0 Å². The Balaban J connectivity index is 2.01. The molecular formula is C9H10Cl2N4. The molecule has 15 heavy (non-hydrogen) atoms. The van der Waals surface area contributed by atoms with Gasteiger partial charge in [0, 0.05) is 0 Å². The van der Waals surface area contributed by atoms with E-state index >= 15 is 0 Å². The van der Waals surface area contributed by atoms with Gasteiger partial charge < -0.3 is 5.43 Å². The van der Waals surface area contributed by atoms with E-state index in [1.54, 1.807) is 24.5 Å². The molecule has 0 radical (unpaired) electrons. The minimum Gasteiger partial charge on any atom is -0.301 e. The largest absolute Gasteiger partial charge is 0.301 e. The highest BCUT2D eigenvalue weighted by Crippen LogP contribution is 2.28. The minimum absolute atomic E-state index is 0.575. The van der Waals surface area contributed by atoms with E-state index < -0.39 is 0 Å². The van der Waals surface area contributed by atoms with E-state index in [1.807, 2.05) is 5.01 Å². The van der Waals surface area contributed by atoms with Crippen molar-refractivity contribution in [1.82, 2.24) is 10.5 Å². The Hall–Kier alpha value is -0.970. The fraction of sp³-hybridized carbons (Fsp3) is 0.222. The summed E-state index contributed by atoms with van der Waals surface area (Å²) in [6.07, 6.45) is 1.72. The molecular weight excluding hydrogens is 235 g/mol. The number of hydrogen-bond acceptors (Lipinski definition) is 4. The van der Waals surface area contributed by atoms with Crippen LogP contribution in [-0.2, 0) is 0 Å². The van der Waals surface area contributed by atoms with E-state index in [-0.39, 0.29) is 0 Å². The Morgan fingerprint density at radius 3 is 2.60 bits per heavy atom. The minimum atomic E-state index is 0.575. The molecule has 80 valence electrons. The predicted octanol–water partition coefficient (Wildman–Crippen LogP) is 2.17. The van der Waals surface area contributed by atoms with Crippen LogP contribution in [0.25, 0.3) is 0 Å². The lowest BCUT2D eigenvalue weighted by Gasteiger charge is -2.18. The molecule has 2 N–H and O–H groups in total. The van der Waals surface area contributed by atoms with Crippen LogP contribution in [0.2, 0.25) is 10.0 Å². The van der Waals surface area contributed by atoms with Crippen molar-refractivity contribution in [3.63, 3.8) is 0 Å². The molecule has 0 aromatic heterocycles. The number of aliphatic imine (C=N–C) groups is 1. The second-order valence-electron chi connectivity index (χ2n) is 3.05. The third-order valence-electron chi connectivity index (χ3n) is 1.98. The topological polar surface area (TPSA) is 39.7 Å². The normalized spacial score (nSPS) is 14.7. The van der Waals surface area contributed by atoms with Gasteiger partial charge in [0.2, 0.25) is 0 Å². The van der Waals surface area contributed by atoms with Crippen molar-refractivity contribution in [2.75, 3.05) is 18.5 Å². The van der Waals surface area contributed by atoms with Gasteiger partial charge in [-0.05, 0) is 12.1 Å². The highest BCUT2D eigenvalue weighted by Gasteiger charge is 2.07. The summed E-state index contributed by atoms with van der Waals surface area (Å²) in [4.78, 5) is 4.05. The molecule has 2 rings (SSSR count). The van der Waals surface area contributed by atoms with Crippen LogP contribution in [0.1, 0.15) is 0 Å². The molecule has 0 fully saturated rings. The van der Waals surface area contributed by atoms with Crippen LogP contribution in [-0.4, -0.2) is 24.4 Å². The molecule has 1 aromatic rings. The number of para-hydroxylation sites is 1. The third kappa shape index (κ3) is 2.53. The molecule has 6 heteroatoms. The van der Waals surface area contributed by atoms with Crippen LogP contribution < -0.4 is 11.0 Å². The lowest BCUT2D eigenvalue weighted by molar-refractivity contribution is 0.377. The quantitative estimate of drug-likeness (QED) is 0.801. The monoisotopic (exact) mass is 244 g/mol. The van der Waals surface area contributed by atoms with Crippen molar-refractivity contribution < 1.29 is 0 Å². The summed E-state index contributed by atoms with van der Waals surface area (Å²) >= 11 is 12.0. The standard InChI is InChI=1S/C9H10Cl2N4/c10-7-2-1-3-8(11)9(7)13-14-15-5-4-12-6-15/h1-3,6,13-14H,4-5H2. The van der Waals surface area contributed by atoms with Crippen molar-refractivity contribution >= 4 is 35.2 Å². The number of halogens is 2. The molecule has 1 aromatic carbocycles. The maximum absolute atomic E-state index is 5.98. The molecule has 1 aliphatic heterocycles. The number of anilines is 1. The van der Waals surface area contributed by atoms with Crippen LogP contribution in [0.15, 0.2) is 23.2 Å². The van der Waals surface area contributed by atoms with Crippen LogP contribution in [0.4, 0.5) is 5.69 Å². The van der Waals surface area contributed by atoms with Gasteiger partial charge in [0.1, 0.15) is 6.34 Å². The first kappa shape index (κ1) is 10.5. The SMILES string of the molecule is Clc1cccc(Cl)c1NNN1C=NCC1. The summed E-state index contributed by atoms with van der Waals surface area (Å²) in [5, 5.41) is 2.97. The summed E-state index contributed by atoms with van der Waals surface area (Å²) in [6.45, 7) is 1.63. The highest BCUT2D eigenvalue weighted by atomic mass is 35.5. The van der Waals surface area contributed by atoms with Gasteiger partial charge in [-0.15, -0.1) is 5.53 Å². The average molecular weight is 245 g/mol. The molecule has 0 bridgehead atoms. The molecule has 0 saturated heterocycles. The maximum Gasteiger partial charge on any atom is 0.101 e. The third-order valence-corrected chi connectivity index (χ3v) is 2.61. The second kappa shape index (κ2) is 4.70. The fourth-order valence-corrected chi connectivity index (χ4v) is 1.70. The number of hydrazine groups is 2. The Bertz CT molecular complexity index is 360. The molecule has 1 heterocycles. The van der Waals surface area contributed by atoms with E-state index in [0.717, 1.165) is 13.1 Å². The van der Waals surface area contributed by atoms with Crippen molar-refractivity contribution in [2.45, 2.75) is 0 Å². The lowest BCUT2D eigenvalue weighted by atomic mass is 10.3. The summed E-state index contributed by atoms with van der Waals surface area (Å²) in [5.41, 5.74) is 6.56. The zero-order valence-corrected chi connectivity index (χ0v) is 9.39. The molecule has 0 amide bonds. The van der Waals surface area contributed by atoms with Crippen LogP contribution >= 0.6 is 23.2 Å². The number of benzene rings is 1. The van der Waals surface area contributed by atoms with Gasteiger partial charge >= 0.3 is 0 Å². The Kier molecular flexibility index (Phi) is 3.30. The first-order valence-electron chi connectivity index (χ1n) is 4.49. The first-order valence-corrected chi connectivity index (χ1v) is 5.25.